The van der Waals surface area contributed by atoms with Crippen LogP contribution in [-0.4, -0.2) is 61.4 Å². The third-order valence-electron chi connectivity index (χ3n) is 6.16. The van der Waals surface area contributed by atoms with Gasteiger partial charge < -0.3 is 24.1 Å². The van der Waals surface area contributed by atoms with Crippen molar-refractivity contribution in [2.24, 2.45) is 0 Å². The number of thioether (sulfide) groups is 1. The van der Waals surface area contributed by atoms with Gasteiger partial charge in [-0.25, -0.2) is 4.98 Å². The highest BCUT2D eigenvalue weighted by Gasteiger charge is 2.20. The molecule has 182 valence electrons. The summed E-state index contributed by atoms with van der Waals surface area (Å²) in [5.74, 6) is 3.71. The molecule has 1 aliphatic rings. The van der Waals surface area contributed by atoms with Crippen molar-refractivity contribution >= 4 is 17.7 Å². The molecule has 1 fully saturated rings. The number of methoxy groups -OCH3 is 2. The van der Waals surface area contributed by atoms with Gasteiger partial charge in [-0.15, -0.1) is 11.8 Å². The number of aromatic nitrogens is 1. The van der Waals surface area contributed by atoms with Crippen molar-refractivity contribution in [3.05, 3.63) is 29.7 Å². The maximum Gasteiger partial charge on any atom is 0.230 e. The SMILES string of the molecule is CC[C@H]1CCCCN1CCCNC(=O)CSCc1nc(-c2ccc(OC)c(OC)c2)oc1C. The number of hydrogen-bond acceptors (Lipinski definition) is 7. The summed E-state index contributed by atoms with van der Waals surface area (Å²) in [4.78, 5) is 19.5. The van der Waals surface area contributed by atoms with Gasteiger partial charge in [0.15, 0.2) is 11.5 Å². The number of nitrogens with one attached hydrogen (secondary N) is 1. The van der Waals surface area contributed by atoms with Gasteiger partial charge in [-0.2, -0.15) is 0 Å². The molecule has 1 saturated heterocycles. The molecule has 1 aliphatic heterocycles. The van der Waals surface area contributed by atoms with E-state index in [-0.39, 0.29) is 5.91 Å². The van der Waals surface area contributed by atoms with Crippen LogP contribution >= 0.6 is 11.8 Å². The average Bonchev–Trinajstić information content (AvgIpc) is 3.21. The molecule has 1 N–H and O–H groups in total. The fourth-order valence-corrected chi connectivity index (χ4v) is 5.12. The number of rotatable bonds is 12. The van der Waals surface area contributed by atoms with E-state index in [1.165, 1.54) is 32.2 Å². The number of amides is 1. The first-order valence-electron chi connectivity index (χ1n) is 11.8. The van der Waals surface area contributed by atoms with Crippen molar-refractivity contribution in [1.82, 2.24) is 15.2 Å². The van der Waals surface area contributed by atoms with E-state index in [0.717, 1.165) is 42.6 Å². The van der Waals surface area contributed by atoms with Gasteiger partial charge in [-0.3, -0.25) is 4.79 Å². The molecule has 1 aromatic heterocycles. The van der Waals surface area contributed by atoms with E-state index in [2.05, 4.69) is 22.1 Å². The molecule has 2 aromatic rings. The van der Waals surface area contributed by atoms with E-state index in [1.54, 1.807) is 26.0 Å². The molecular weight excluding hydrogens is 438 g/mol. The average molecular weight is 476 g/mol. The lowest BCUT2D eigenvalue weighted by molar-refractivity contribution is -0.118. The lowest BCUT2D eigenvalue weighted by Crippen LogP contribution is -2.40. The third-order valence-corrected chi connectivity index (χ3v) is 7.10. The van der Waals surface area contributed by atoms with Crippen LogP contribution in [0.5, 0.6) is 11.5 Å². The minimum Gasteiger partial charge on any atom is -0.493 e. The number of hydrogen-bond donors (Lipinski definition) is 1. The largest absolute Gasteiger partial charge is 0.493 e. The van der Waals surface area contributed by atoms with E-state index in [4.69, 9.17) is 13.9 Å². The minimum atomic E-state index is 0.0759. The molecule has 1 atom stereocenters. The van der Waals surface area contributed by atoms with Crippen LogP contribution in [0.25, 0.3) is 11.5 Å². The Morgan fingerprint density at radius 2 is 2.09 bits per heavy atom. The molecule has 0 spiro atoms. The second-order valence-corrected chi connectivity index (χ2v) is 9.37. The van der Waals surface area contributed by atoms with Crippen molar-refractivity contribution in [2.75, 3.05) is 39.6 Å². The van der Waals surface area contributed by atoms with Crippen LogP contribution in [0.2, 0.25) is 0 Å². The summed E-state index contributed by atoms with van der Waals surface area (Å²) in [5.41, 5.74) is 1.68. The number of ether oxygens (including phenoxy) is 2. The maximum absolute atomic E-state index is 12.2. The summed E-state index contributed by atoms with van der Waals surface area (Å²) in [6.45, 7) is 7.18. The van der Waals surface area contributed by atoms with Crippen molar-refractivity contribution < 1.29 is 18.7 Å². The fourth-order valence-electron chi connectivity index (χ4n) is 4.27. The van der Waals surface area contributed by atoms with Gasteiger partial charge in [0.1, 0.15) is 5.76 Å². The molecule has 2 heterocycles. The third kappa shape index (κ3) is 7.14. The molecule has 1 aromatic carbocycles. The first kappa shape index (κ1) is 25.4. The van der Waals surface area contributed by atoms with Gasteiger partial charge in [-0.1, -0.05) is 13.3 Å². The quantitative estimate of drug-likeness (QED) is 0.447. The standard InChI is InChI=1S/C25H37N3O4S/c1-5-20-9-6-7-13-28(20)14-8-12-26-24(29)17-33-16-21-18(2)32-25(27-21)19-10-11-22(30-3)23(15-19)31-4/h10-11,15,20H,5-9,12-14,16-17H2,1-4H3,(H,26,29)/t20-/m0/s1. The van der Waals surface area contributed by atoms with E-state index in [0.29, 0.717) is 28.9 Å². The number of piperidine rings is 1. The van der Waals surface area contributed by atoms with Crippen LogP contribution in [0.4, 0.5) is 0 Å². The Morgan fingerprint density at radius 3 is 2.85 bits per heavy atom. The number of carbonyl (C=O) groups is 1. The van der Waals surface area contributed by atoms with Crippen molar-refractivity contribution in [2.45, 2.75) is 57.7 Å². The first-order chi connectivity index (χ1) is 16.0. The Hall–Kier alpha value is -2.19. The Balaban J connectivity index is 1.41. The van der Waals surface area contributed by atoms with E-state index in [9.17, 15) is 4.79 Å². The Kier molecular flexibility index (Phi) is 9.94. The summed E-state index contributed by atoms with van der Waals surface area (Å²) in [6, 6.07) is 6.30. The summed E-state index contributed by atoms with van der Waals surface area (Å²) >= 11 is 1.55. The van der Waals surface area contributed by atoms with E-state index in [1.807, 2.05) is 25.1 Å². The van der Waals surface area contributed by atoms with Crippen LogP contribution in [0.15, 0.2) is 22.6 Å². The van der Waals surface area contributed by atoms with Gasteiger partial charge >= 0.3 is 0 Å². The zero-order valence-corrected chi connectivity index (χ0v) is 21.1. The highest BCUT2D eigenvalue weighted by Crippen LogP contribution is 2.33. The highest BCUT2D eigenvalue weighted by atomic mass is 32.2. The zero-order valence-electron chi connectivity index (χ0n) is 20.3. The van der Waals surface area contributed by atoms with Crippen LogP contribution in [0.1, 0.15) is 50.5 Å². The summed E-state index contributed by atoms with van der Waals surface area (Å²) < 4.78 is 16.5. The van der Waals surface area contributed by atoms with E-state index >= 15 is 0 Å². The van der Waals surface area contributed by atoms with Crippen molar-refractivity contribution in [1.29, 1.82) is 0 Å². The predicted molar refractivity (Wildman–Crippen MR) is 133 cm³/mol. The van der Waals surface area contributed by atoms with Crippen LogP contribution in [-0.2, 0) is 10.5 Å². The Labute approximate surface area is 201 Å². The van der Waals surface area contributed by atoms with Gasteiger partial charge in [0.05, 0.1) is 25.7 Å². The number of benzene rings is 1. The Morgan fingerprint density at radius 1 is 1.27 bits per heavy atom. The molecule has 8 heteroatoms. The number of oxazole rings is 1. The molecule has 0 aliphatic carbocycles. The molecule has 7 nitrogen and oxygen atoms in total. The normalized spacial score (nSPS) is 16.5. The van der Waals surface area contributed by atoms with Gasteiger partial charge in [0, 0.05) is 30.4 Å². The van der Waals surface area contributed by atoms with E-state index < -0.39 is 0 Å². The van der Waals surface area contributed by atoms with Gasteiger partial charge in [0.2, 0.25) is 11.8 Å². The second kappa shape index (κ2) is 12.9. The molecule has 0 radical (unpaired) electrons. The molecular formula is C25H37N3O4S. The topological polar surface area (TPSA) is 76.8 Å². The number of aryl methyl sites for hydroxylation is 1. The maximum atomic E-state index is 12.2. The number of nitrogens with zero attached hydrogens (tertiary/aromatic N) is 2. The van der Waals surface area contributed by atoms with Gasteiger partial charge in [0.25, 0.3) is 0 Å². The van der Waals surface area contributed by atoms with Crippen LogP contribution in [0.3, 0.4) is 0 Å². The lowest BCUT2D eigenvalue weighted by Gasteiger charge is -2.35. The summed E-state index contributed by atoms with van der Waals surface area (Å²) in [7, 11) is 3.21. The Bertz CT molecular complexity index is 902. The molecule has 33 heavy (non-hydrogen) atoms. The molecule has 3 rings (SSSR count). The zero-order chi connectivity index (χ0) is 23.6. The first-order valence-corrected chi connectivity index (χ1v) is 13.0. The fraction of sp³-hybridized carbons (Fsp3) is 0.600. The van der Waals surface area contributed by atoms with Crippen molar-refractivity contribution in [3.63, 3.8) is 0 Å². The monoisotopic (exact) mass is 475 g/mol. The molecule has 0 saturated carbocycles. The number of likely N-dealkylation sites (tertiary alicyclic amines) is 1. The number of carbonyl (C=O) groups excluding carboxylic acids is 1. The van der Waals surface area contributed by atoms with Crippen LogP contribution in [0, 0.1) is 6.92 Å². The highest BCUT2D eigenvalue weighted by molar-refractivity contribution is 7.99. The summed E-state index contributed by atoms with van der Waals surface area (Å²) in [6.07, 6.45) is 6.19. The minimum absolute atomic E-state index is 0.0759. The predicted octanol–water partition coefficient (Wildman–Crippen LogP) is 4.67. The van der Waals surface area contributed by atoms with Crippen LogP contribution < -0.4 is 14.8 Å². The molecule has 1 amide bonds. The van der Waals surface area contributed by atoms with Crippen molar-refractivity contribution in [3.8, 4) is 23.0 Å². The lowest BCUT2D eigenvalue weighted by atomic mass is 10.00. The molecule has 0 bridgehead atoms. The smallest absolute Gasteiger partial charge is 0.230 e. The second-order valence-electron chi connectivity index (χ2n) is 8.38. The molecule has 0 unspecified atom stereocenters. The van der Waals surface area contributed by atoms with Gasteiger partial charge in [-0.05, 0) is 57.4 Å². The summed E-state index contributed by atoms with van der Waals surface area (Å²) in [5, 5.41) is 3.05.